The lowest BCUT2D eigenvalue weighted by Crippen LogP contribution is -2.81. The number of aryl methyl sites for hydroxylation is 1. The number of para-hydroxylation sites is 1. The Morgan fingerprint density at radius 2 is 1.62 bits per heavy atom. The Balaban J connectivity index is 1.21. The van der Waals surface area contributed by atoms with Gasteiger partial charge in [0.05, 0.1) is 38.9 Å². The van der Waals surface area contributed by atoms with Crippen LogP contribution in [0.25, 0.3) is 10.9 Å². The van der Waals surface area contributed by atoms with E-state index >= 15 is 4.79 Å². The number of aromatic nitrogens is 1. The predicted octanol–water partition coefficient (Wildman–Crippen LogP) is 8.17. The van der Waals surface area contributed by atoms with Crippen LogP contribution in [0.4, 0.5) is 5.69 Å². The van der Waals surface area contributed by atoms with Gasteiger partial charge in [0, 0.05) is 90.9 Å². The lowest BCUT2D eigenvalue weighted by molar-refractivity contribution is -0.228. The van der Waals surface area contributed by atoms with Crippen LogP contribution in [0.2, 0.25) is 0 Å². The number of aliphatic hydroxyl groups is 1. The summed E-state index contributed by atoms with van der Waals surface area (Å²) in [5, 5.41) is 14.6. The second-order valence-electron chi connectivity index (χ2n) is 22.3. The van der Waals surface area contributed by atoms with Crippen molar-refractivity contribution in [1.29, 1.82) is 0 Å². The normalized spacial score (nSPS) is 28.3. The average molecular weight is 1070 g/mol. The van der Waals surface area contributed by atoms with Crippen molar-refractivity contribution >= 4 is 44.6 Å². The molecule has 2 N–H and O–H groups in total. The number of esters is 3. The number of ether oxygens (including phenoxy) is 4. The Morgan fingerprint density at radius 1 is 0.896 bits per heavy atom. The highest BCUT2D eigenvalue weighted by Gasteiger charge is 2.80. The van der Waals surface area contributed by atoms with Gasteiger partial charge >= 0.3 is 17.9 Å². The van der Waals surface area contributed by atoms with Crippen LogP contribution in [0.1, 0.15) is 92.8 Å². The zero-order valence-corrected chi connectivity index (χ0v) is 46.5. The summed E-state index contributed by atoms with van der Waals surface area (Å²) in [4.78, 5) is 54.7. The lowest BCUT2D eigenvalue weighted by Gasteiger charge is -2.63. The number of rotatable bonds is 16. The third-order valence-electron chi connectivity index (χ3n) is 18.1. The SMILES string of the molecule is CCCC(COS(=O)(=O)c1ccc(C)cc1)C[C@@H]1CN(Cc2ccccc2)CCc2c([nH]c3ccccc23)[C@@](C(=O)OC)(c2cc3c(cc2OC)N(C)[C@H]2[C@@](O)(C(=O)OC)[C@H](OC(C)=O)[C@]4(CC)C=CCN5CC[C@]32[C@@H]54)C1. The first kappa shape index (κ1) is 54.3. The van der Waals surface area contributed by atoms with Gasteiger partial charge in [0.1, 0.15) is 11.2 Å². The highest BCUT2D eigenvalue weighted by atomic mass is 32.2. The summed E-state index contributed by atoms with van der Waals surface area (Å²) in [6, 6.07) is 27.8. The van der Waals surface area contributed by atoms with Gasteiger partial charge in [-0.05, 0) is 105 Å². The van der Waals surface area contributed by atoms with Crippen molar-refractivity contribution in [2.24, 2.45) is 17.3 Å². The van der Waals surface area contributed by atoms with Crippen LogP contribution in [-0.4, -0.2) is 131 Å². The molecule has 2 fully saturated rings. The van der Waals surface area contributed by atoms with E-state index in [1.54, 1.807) is 31.4 Å². The molecule has 410 valence electrons. The van der Waals surface area contributed by atoms with Crippen LogP contribution in [-0.2, 0) is 66.7 Å². The Labute approximate surface area is 453 Å². The molecule has 5 heterocycles. The molecule has 4 aliphatic heterocycles. The second kappa shape index (κ2) is 21.0. The molecular weight excluding hydrogens is 997 g/mol. The maximum absolute atomic E-state index is 16.1. The molecule has 16 heteroatoms. The molecular formula is C61H74N4O11S. The molecule has 1 saturated heterocycles. The van der Waals surface area contributed by atoms with Gasteiger partial charge in [-0.1, -0.05) is 98.6 Å². The Morgan fingerprint density at radius 3 is 2.31 bits per heavy atom. The van der Waals surface area contributed by atoms with E-state index in [0.29, 0.717) is 87.5 Å². The molecule has 5 aliphatic rings. The van der Waals surface area contributed by atoms with E-state index in [9.17, 15) is 23.1 Å². The maximum atomic E-state index is 16.1. The van der Waals surface area contributed by atoms with Crippen molar-refractivity contribution in [3.05, 3.63) is 137 Å². The van der Waals surface area contributed by atoms with E-state index in [1.807, 2.05) is 80.4 Å². The molecule has 9 atom stereocenters. The van der Waals surface area contributed by atoms with Crippen molar-refractivity contribution in [1.82, 2.24) is 14.8 Å². The number of carbonyl (C=O) groups excluding carboxylic acids is 3. The standard InChI is InChI=1S/C61H74N4O11S/c1-9-17-42(38-75-77(70,71)44-24-22-39(3)23-25-44)32-43-35-60(56(67)73-7,52-46(45-20-14-15-21-49(45)62-52)26-30-64(37-43)36-41-18-12-11-13-19-41)48-33-47-50(34-51(48)72-6)63(5)54-59(47)28-31-65-29-16-27-58(10-2,53(59)65)55(76-40(4)66)61(54,69)57(68)74-8/h11-16,18-25,27,33-34,42-43,53-55,62,69H,9-10,17,26,28-32,35-38H2,1-8H3/t42?,43-,53-,54+,55+,58+,59+,60-,61-/m0/s1. The number of hydrogen-bond acceptors (Lipinski definition) is 14. The third kappa shape index (κ3) is 8.77. The lowest BCUT2D eigenvalue weighted by atomic mass is 9.47. The van der Waals surface area contributed by atoms with Crippen LogP contribution in [0, 0.1) is 24.2 Å². The number of fused-ring (bicyclic) bond motifs is 4. The van der Waals surface area contributed by atoms with E-state index in [1.165, 1.54) is 21.1 Å². The monoisotopic (exact) mass is 1070 g/mol. The maximum Gasteiger partial charge on any atom is 0.344 e. The van der Waals surface area contributed by atoms with Crippen molar-refractivity contribution < 1.29 is 51.0 Å². The predicted molar refractivity (Wildman–Crippen MR) is 293 cm³/mol. The molecule has 77 heavy (non-hydrogen) atoms. The van der Waals surface area contributed by atoms with Crippen LogP contribution >= 0.6 is 0 Å². The summed E-state index contributed by atoms with van der Waals surface area (Å²) in [6.07, 6.45) is 6.44. The Bertz CT molecular complexity index is 3180. The highest BCUT2D eigenvalue weighted by Crippen LogP contribution is 2.68. The molecule has 1 spiro atoms. The molecule has 15 nitrogen and oxygen atoms in total. The van der Waals surface area contributed by atoms with Crippen LogP contribution < -0.4 is 9.64 Å². The number of nitrogens with one attached hydrogen (secondary N) is 1. The number of hydrogen-bond donors (Lipinski definition) is 2. The van der Waals surface area contributed by atoms with E-state index < -0.39 is 62.0 Å². The minimum absolute atomic E-state index is 0.0521. The molecule has 0 radical (unpaired) electrons. The van der Waals surface area contributed by atoms with Crippen LogP contribution in [0.3, 0.4) is 0 Å². The average Bonchev–Trinajstić information content (AvgIpc) is 4.31. The van der Waals surface area contributed by atoms with E-state index in [-0.39, 0.29) is 35.8 Å². The van der Waals surface area contributed by atoms with Gasteiger partial charge in [0.15, 0.2) is 6.10 Å². The molecule has 4 aromatic carbocycles. The quantitative estimate of drug-likeness (QED) is 0.0419. The molecule has 1 unspecified atom stereocenters. The molecule has 10 rings (SSSR count). The Hall–Kier alpha value is -6.04. The number of likely N-dealkylation sites (N-methyl/N-ethyl adjacent to an activating group) is 1. The number of anilines is 1. The van der Waals surface area contributed by atoms with Crippen molar-refractivity contribution in [3.8, 4) is 5.75 Å². The number of aromatic amines is 1. The molecule has 5 aromatic rings. The van der Waals surface area contributed by atoms with E-state index in [4.69, 9.17) is 23.1 Å². The molecule has 0 amide bonds. The van der Waals surface area contributed by atoms with Gasteiger partial charge in [0.2, 0.25) is 5.60 Å². The zero-order chi connectivity index (χ0) is 54.7. The largest absolute Gasteiger partial charge is 0.496 e. The number of nitrogens with zero attached hydrogens (tertiary/aromatic N) is 3. The summed E-state index contributed by atoms with van der Waals surface area (Å²) < 4.78 is 58.1. The summed E-state index contributed by atoms with van der Waals surface area (Å²) >= 11 is 0. The minimum Gasteiger partial charge on any atom is -0.496 e. The summed E-state index contributed by atoms with van der Waals surface area (Å²) in [5.74, 6) is -2.14. The number of benzene rings is 4. The fraction of sp³-hybridized carbons (Fsp3) is 0.492. The van der Waals surface area contributed by atoms with Gasteiger partial charge < -0.3 is 33.9 Å². The summed E-state index contributed by atoms with van der Waals surface area (Å²) in [7, 11) is 2.01. The van der Waals surface area contributed by atoms with Crippen molar-refractivity contribution in [2.75, 3.05) is 66.1 Å². The number of methoxy groups -OCH3 is 3. The molecule has 1 saturated carbocycles. The smallest absolute Gasteiger partial charge is 0.344 e. The van der Waals surface area contributed by atoms with E-state index in [2.05, 4.69) is 46.0 Å². The second-order valence-corrected chi connectivity index (χ2v) is 24.0. The van der Waals surface area contributed by atoms with Gasteiger partial charge in [-0.2, -0.15) is 8.42 Å². The summed E-state index contributed by atoms with van der Waals surface area (Å²) in [5.41, 5.74) is 0.657. The zero-order valence-electron chi connectivity index (χ0n) is 45.7. The Kier molecular flexibility index (Phi) is 14.8. The first-order chi connectivity index (χ1) is 37.0. The van der Waals surface area contributed by atoms with Gasteiger partial charge in [-0.3, -0.25) is 23.6 Å². The minimum atomic E-state index is -4.10. The fourth-order valence-electron chi connectivity index (χ4n) is 15.2. The van der Waals surface area contributed by atoms with Gasteiger partial charge in [0.25, 0.3) is 10.1 Å². The van der Waals surface area contributed by atoms with Gasteiger partial charge in [-0.15, -0.1) is 0 Å². The summed E-state index contributed by atoms with van der Waals surface area (Å²) in [6.45, 7) is 10.3. The van der Waals surface area contributed by atoms with Gasteiger partial charge in [-0.25, -0.2) is 4.79 Å². The topological polar surface area (TPSA) is 177 Å². The number of carbonyl (C=O) groups is 3. The van der Waals surface area contributed by atoms with Crippen molar-refractivity contribution in [2.45, 2.75) is 119 Å². The first-order valence-corrected chi connectivity index (χ1v) is 28.6. The molecule has 0 bridgehead atoms. The number of H-pyrrole nitrogens is 1. The first-order valence-electron chi connectivity index (χ1n) is 27.2. The van der Waals surface area contributed by atoms with Crippen LogP contribution in [0.15, 0.2) is 108 Å². The fourth-order valence-corrected chi connectivity index (χ4v) is 16.2. The van der Waals surface area contributed by atoms with Crippen LogP contribution in [0.5, 0.6) is 5.75 Å². The van der Waals surface area contributed by atoms with E-state index in [0.717, 1.165) is 39.6 Å². The third-order valence-corrected chi connectivity index (χ3v) is 19.4. The van der Waals surface area contributed by atoms with Crippen molar-refractivity contribution in [3.63, 3.8) is 0 Å². The molecule has 1 aromatic heterocycles. The molecule has 1 aliphatic carbocycles. The highest BCUT2D eigenvalue weighted by molar-refractivity contribution is 7.86.